The predicted octanol–water partition coefficient (Wildman–Crippen LogP) is 1.05. The van der Waals surface area contributed by atoms with E-state index in [2.05, 4.69) is 34.0 Å². The van der Waals surface area contributed by atoms with Crippen molar-refractivity contribution in [2.45, 2.75) is 13.5 Å². The molecule has 0 spiro atoms. The summed E-state index contributed by atoms with van der Waals surface area (Å²) in [5, 5.41) is 4.52. The minimum atomic E-state index is 0.453. The molecular weight excluding hydrogens is 254 g/mol. The lowest BCUT2D eigenvalue weighted by atomic mass is 10.1. The molecule has 2 N–H and O–H groups in total. The SMILES string of the molecule is Cc1ccccc1Cn1nc(N2CCOCC2)nc1N. The van der Waals surface area contributed by atoms with Crippen molar-refractivity contribution in [2.75, 3.05) is 36.9 Å². The van der Waals surface area contributed by atoms with Crippen LogP contribution in [0.5, 0.6) is 0 Å². The molecule has 2 heterocycles. The summed E-state index contributed by atoms with van der Waals surface area (Å²) in [5.41, 5.74) is 8.42. The fraction of sp³-hybridized carbons (Fsp3) is 0.429. The summed E-state index contributed by atoms with van der Waals surface area (Å²) in [6.07, 6.45) is 0. The van der Waals surface area contributed by atoms with Crippen LogP contribution in [0.1, 0.15) is 11.1 Å². The second-order valence-electron chi connectivity index (χ2n) is 4.95. The summed E-state index contributed by atoms with van der Waals surface area (Å²) in [7, 11) is 0. The Morgan fingerprint density at radius 3 is 2.75 bits per heavy atom. The van der Waals surface area contributed by atoms with Gasteiger partial charge in [0.1, 0.15) is 0 Å². The van der Waals surface area contributed by atoms with Crippen molar-refractivity contribution < 1.29 is 4.74 Å². The number of morpholine rings is 1. The Kier molecular flexibility index (Phi) is 3.56. The predicted molar refractivity (Wildman–Crippen MR) is 77.7 cm³/mol. The van der Waals surface area contributed by atoms with Gasteiger partial charge in [0, 0.05) is 13.1 Å². The maximum absolute atomic E-state index is 5.98. The van der Waals surface area contributed by atoms with E-state index in [1.54, 1.807) is 4.68 Å². The standard InChI is InChI=1S/C14H19N5O/c1-11-4-2-3-5-12(11)10-19-13(15)16-14(17-19)18-6-8-20-9-7-18/h2-5H,6-10H2,1H3,(H2,15,16,17). The maximum Gasteiger partial charge on any atom is 0.246 e. The topological polar surface area (TPSA) is 69.2 Å². The fourth-order valence-corrected chi connectivity index (χ4v) is 2.30. The molecule has 0 aliphatic carbocycles. The lowest BCUT2D eigenvalue weighted by Gasteiger charge is -2.25. The molecular formula is C14H19N5O. The molecule has 2 aromatic rings. The molecule has 0 bridgehead atoms. The number of aromatic nitrogens is 3. The van der Waals surface area contributed by atoms with Crippen LogP contribution in [-0.2, 0) is 11.3 Å². The molecule has 0 saturated carbocycles. The lowest BCUT2D eigenvalue weighted by Crippen LogP contribution is -2.37. The minimum absolute atomic E-state index is 0.453. The Morgan fingerprint density at radius 1 is 1.25 bits per heavy atom. The van der Waals surface area contributed by atoms with Gasteiger partial charge in [0.2, 0.25) is 11.9 Å². The van der Waals surface area contributed by atoms with Crippen molar-refractivity contribution >= 4 is 11.9 Å². The van der Waals surface area contributed by atoms with Crippen molar-refractivity contribution in [3.63, 3.8) is 0 Å². The number of rotatable bonds is 3. The van der Waals surface area contributed by atoms with Crippen LogP contribution in [0, 0.1) is 6.92 Å². The van der Waals surface area contributed by atoms with Gasteiger partial charge in [0.25, 0.3) is 0 Å². The van der Waals surface area contributed by atoms with E-state index < -0.39 is 0 Å². The monoisotopic (exact) mass is 273 g/mol. The molecule has 106 valence electrons. The summed E-state index contributed by atoms with van der Waals surface area (Å²) in [6.45, 7) is 5.79. The number of anilines is 2. The third kappa shape index (κ3) is 2.60. The molecule has 3 rings (SSSR count). The van der Waals surface area contributed by atoms with Crippen molar-refractivity contribution in [3.05, 3.63) is 35.4 Å². The summed E-state index contributed by atoms with van der Waals surface area (Å²) in [4.78, 5) is 6.47. The van der Waals surface area contributed by atoms with E-state index in [1.807, 2.05) is 12.1 Å². The maximum atomic E-state index is 5.98. The van der Waals surface area contributed by atoms with Crippen LogP contribution in [0.3, 0.4) is 0 Å². The number of nitrogens with two attached hydrogens (primary N) is 1. The highest BCUT2D eigenvalue weighted by Gasteiger charge is 2.17. The van der Waals surface area contributed by atoms with Gasteiger partial charge >= 0.3 is 0 Å². The first-order valence-electron chi connectivity index (χ1n) is 6.81. The molecule has 1 aliphatic heterocycles. The Balaban J connectivity index is 1.80. The van der Waals surface area contributed by atoms with Crippen molar-refractivity contribution in [2.24, 2.45) is 0 Å². The molecule has 6 nitrogen and oxygen atoms in total. The molecule has 20 heavy (non-hydrogen) atoms. The van der Waals surface area contributed by atoms with Gasteiger partial charge in [-0.15, -0.1) is 5.10 Å². The molecule has 0 radical (unpaired) electrons. The van der Waals surface area contributed by atoms with Gasteiger partial charge in [-0.1, -0.05) is 24.3 Å². The first-order valence-corrected chi connectivity index (χ1v) is 6.81. The molecule has 1 aromatic carbocycles. The van der Waals surface area contributed by atoms with Crippen LogP contribution in [0.2, 0.25) is 0 Å². The van der Waals surface area contributed by atoms with E-state index in [4.69, 9.17) is 10.5 Å². The van der Waals surface area contributed by atoms with Crippen molar-refractivity contribution in [3.8, 4) is 0 Å². The molecule has 1 aromatic heterocycles. The molecule has 6 heteroatoms. The zero-order chi connectivity index (χ0) is 13.9. The second kappa shape index (κ2) is 5.50. The van der Waals surface area contributed by atoms with Crippen LogP contribution in [0.25, 0.3) is 0 Å². The first kappa shape index (κ1) is 12.9. The van der Waals surface area contributed by atoms with E-state index in [1.165, 1.54) is 11.1 Å². The summed E-state index contributed by atoms with van der Waals surface area (Å²) >= 11 is 0. The smallest absolute Gasteiger partial charge is 0.246 e. The molecule has 1 fully saturated rings. The molecule has 1 saturated heterocycles. The van der Waals surface area contributed by atoms with E-state index in [-0.39, 0.29) is 0 Å². The fourth-order valence-electron chi connectivity index (χ4n) is 2.30. The van der Waals surface area contributed by atoms with Crippen LogP contribution in [0.4, 0.5) is 11.9 Å². The number of nitrogen functional groups attached to an aromatic ring is 1. The van der Waals surface area contributed by atoms with Gasteiger partial charge in [0.05, 0.1) is 19.8 Å². The quantitative estimate of drug-likeness (QED) is 0.905. The van der Waals surface area contributed by atoms with Crippen LogP contribution >= 0.6 is 0 Å². The minimum Gasteiger partial charge on any atom is -0.378 e. The Labute approximate surface area is 118 Å². The second-order valence-corrected chi connectivity index (χ2v) is 4.95. The normalized spacial score (nSPS) is 15.6. The summed E-state index contributed by atoms with van der Waals surface area (Å²) in [5.74, 6) is 1.15. The van der Waals surface area contributed by atoms with Gasteiger partial charge in [0.15, 0.2) is 0 Å². The third-order valence-electron chi connectivity index (χ3n) is 3.56. The number of hydrogen-bond donors (Lipinski definition) is 1. The average molecular weight is 273 g/mol. The third-order valence-corrected chi connectivity index (χ3v) is 3.56. The Hall–Kier alpha value is -2.08. The van der Waals surface area contributed by atoms with Crippen LogP contribution in [0.15, 0.2) is 24.3 Å². The number of aryl methyl sites for hydroxylation is 1. The highest BCUT2D eigenvalue weighted by atomic mass is 16.5. The average Bonchev–Trinajstić information content (AvgIpc) is 2.84. The molecule has 1 aliphatic rings. The lowest BCUT2D eigenvalue weighted by molar-refractivity contribution is 0.122. The van der Waals surface area contributed by atoms with E-state index in [0.717, 1.165) is 13.1 Å². The Bertz CT molecular complexity index is 589. The van der Waals surface area contributed by atoms with Gasteiger partial charge in [-0.3, -0.25) is 0 Å². The number of ether oxygens (including phenoxy) is 1. The molecule has 0 unspecified atom stereocenters. The first-order chi connectivity index (χ1) is 9.74. The van der Waals surface area contributed by atoms with Crippen molar-refractivity contribution in [1.29, 1.82) is 0 Å². The zero-order valence-electron chi connectivity index (χ0n) is 11.6. The van der Waals surface area contributed by atoms with E-state index in [9.17, 15) is 0 Å². The van der Waals surface area contributed by atoms with E-state index >= 15 is 0 Å². The van der Waals surface area contributed by atoms with Gasteiger partial charge < -0.3 is 15.4 Å². The van der Waals surface area contributed by atoms with Crippen LogP contribution < -0.4 is 10.6 Å². The number of nitrogens with zero attached hydrogens (tertiary/aromatic N) is 4. The van der Waals surface area contributed by atoms with Gasteiger partial charge in [-0.05, 0) is 18.1 Å². The van der Waals surface area contributed by atoms with E-state index in [0.29, 0.717) is 31.7 Å². The number of hydrogen-bond acceptors (Lipinski definition) is 5. The highest BCUT2D eigenvalue weighted by Crippen LogP contribution is 2.15. The molecule has 0 amide bonds. The Morgan fingerprint density at radius 2 is 2.00 bits per heavy atom. The van der Waals surface area contributed by atoms with Gasteiger partial charge in [-0.2, -0.15) is 4.98 Å². The summed E-state index contributed by atoms with van der Waals surface area (Å²) in [6, 6.07) is 8.23. The molecule has 0 atom stereocenters. The number of benzene rings is 1. The zero-order valence-corrected chi connectivity index (χ0v) is 11.6. The van der Waals surface area contributed by atoms with Crippen LogP contribution in [-0.4, -0.2) is 41.1 Å². The largest absolute Gasteiger partial charge is 0.378 e. The summed E-state index contributed by atoms with van der Waals surface area (Å²) < 4.78 is 7.09. The van der Waals surface area contributed by atoms with Crippen molar-refractivity contribution in [1.82, 2.24) is 14.8 Å². The highest BCUT2D eigenvalue weighted by molar-refractivity contribution is 5.36. The van der Waals surface area contributed by atoms with Gasteiger partial charge in [-0.25, -0.2) is 4.68 Å².